The Bertz CT molecular complexity index is 473. The van der Waals surface area contributed by atoms with Crippen LogP contribution in [0.5, 0.6) is 0 Å². The molecule has 19 heavy (non-hydrogen) atoms. The first-order valence-electron chi connectivity index (χ1n) is 5.94. The van der Waals surface area contributed by atoms with E-state index >= 15 is 0 Å². The first kappa shape index (κ1) is 14.9. The topological polar surface area (TPSA) is 87.7 Å². The number of benzene rings is 1. The van der Waals surface area contributed by atoms with E-state index in [4.69, 9.17) is 10.9 Å². The number of nitrogens with one attached hydrogen (secondary N) is 1. The minimum absolute atomic E-state index is 0.133. The summed E-state index contributed by atoms with van der Waals surface area (Å²) in [6, 6.07) is 5.82. The maximum Gasteiger partial charge on any atom is 0.233 e. The number of hydrogen-bond donors (Lipinski definition) is 3. The number of oxime groups is 1. The van der Waals surface area contributed by atoms with E-state index in [1.54, 1.807) is 26.0 Å². The second-order valence-electron chi connectivity index (χ2n) is 4.48. The van der Waals surface area contributed by atoms with Gasteiger partial charge in [0.2, 0.25) is 5.91 Å². The van der Waals surface area contributed by atoms with Crippen molar-refractivity contribution in [2.45, 2.75) is 26.8 Å². The average Bonchev–Trinajstić information content (AvgIpc) is 2.44. The number of halogens is 1. The largest absolute Gasteiger partial charge is 0.409 e. The van der Waals surface area contributed by atoms with Crippen LogP contribution < -0.4 is 11.1 Å². The van der Waals surface area contributed by atoms with Crippen LogP contribution in [0.1, 0.15) is 25.8 Å². The van der Waals surface area contributed by atoms with Crippen molar-refractivity contribution in [1.82, 2.24) is 5.32 Å². The van der Waals surface area contributed by atoms with Crippen molar-refractivity contribution in [2.75, 3.05) is 0 Å². The van der Waals surface area contributed by atoms with E-state index in [1.807, 2.05) is 0 Å². The third-order valence-corrected chi connectivity index (χ3v) is 3.25. The first-order chi connectivity index (χ1) is 8.93. The van der Waals surface area contributed by atoms with Crippen molar-refractivity contribution in [3.8, 4) is 0 Å². The summed E-state index contributed by atoms with van der Waals surface area (Å²) >= 11 is 0. The predicted molar refractivity (Wildman–Crippen MR) is 70.1 cm³/mol. The van der Waals surface area contributed by atoms with Gasteiger partial charge in [0.1, 0.15) is 11.2 Å². The number of nitrogens with two attached hydrogens (primary N) is 1. The number of amides is 1. The Morgan fingerprint density at radius 2 is 2.05 bits per heavy atom. The average molecular weight is 267 g/mol. The normalized spacial score (nSPS) is 14.8. The molecule has 0 radical (unpaired) electrons. The van der Waals surface area contributed by atoms with E-state index in [0.29, 0.717) is 6.42 Å². The Kier molecular flexibility index (Phi) is 4.86. The van der Waals surface area contributed by atoms with Gasteiger partial charge >= 0.3 is 0 Å². The summed E-state index contributed by atoms with van der Waals surface area (Å²) in [5, 5.41) is 14.3. The third-order valence-electron chi connectivity index (χ3n) is 3.25. The Labute approximate surface area is 111 Å². The molecular weight excluding hydrogens is 249 g/mol. The van der Waals surface area contributed by atoms with Gasteiger partial charge in [0.25, 0.3) is 0 Å². The van der Waals surface area contributed by atoms with Crippen molar-refractivity contribution in [3.63, 3.8) is 0 Å². The fourth-order valence-corrected chi connectivity index (χ4v) is 1.55. The number of nitrogens with zero attached hydrogens (tertiary/aromatic N) is 1. The molecule has 0 bridgehead atoms. The van der Waals surface area contributed by atoms with E-state index < -0.39 is 5.41 Å². The molecule has 0 heterocycles. The minimum atomic E-state index is -1.06. The molecule has 1 amide bonds. The summed E-state index contributed by atoms with van der Waals surface area (Å²) < 4.78 is 12.7. The van der Waals surface area contributed by atoms with Crippen LogP contribution in [-0.4, -0.2) is 17.0 Å². The van der Waals surface area contributed by atoms with Gasteiger partial charge in [-0.2, -0.15) is 0 Å². The molecular formula is C13H18FN3O2. The monoisotopic (exact) mass is 267 g/mol. The molecule has 0 aliphatic rings. The van der Waals surface area contributed by atoms with Crippen LogP contribution in [0.3, 0.4) is 0 Å². The number of rotatable bonds is 5. The van der Waals surface area contributed by atoms with Gasteiger partial charge in [-0.05, 0) is 31.0 Å². The summed E-state index contributed by atoms with van der Waals surface area (Å²) in [7, 11) is 0. The molecule has 0 aliphatic carbocycles. The Hall–Kier alpha value is -2.11. The van der Waals surface area contributed by atoms with E-state index in [9.17, 15) is 9.18 Å². The molecule has 5 nitrogen and oxygen atoms in total. The van der Waals surface area contributed by atoms with Gasteiger partial charge in [-0.3, -0.25) is 4.79 Å². The summed E-state index contributed by atoms with van der Waals surface area (Å²) in [5.41, 5.74) is 5.25. The van der Waals surface area contributed by atoms with Crippen molar-refractivity contribution in [1.29, 1.82) is 0 Å². The zero-order valence-electron chi connectivity index (χ0n) is 11.0. The third kappa shape index (κ3) is 3.43. The molecule has 4 N–H and O–H groups in total. The molecule has 1 atom stereocenters. The zero-order valence-corrected chi connectivity index (χ0v) is 11.0. The molecule has 0 spiro atoms. The molecule has 0 aliphatic heterocycles. The summed E-state index contributed by atoms with van der Waals surface area (Å²) in [6.45, 7) is 3.63. The van der Waals surface area contributed by atoms with Gasteiger partial charge in [0.15, 0.2) is 5.84 Å². The predicted octanol–water partition coefficient (Wildman–Crippen LogP) is 1.60. The maximum atomic E-state index is 12.7. The zero-order chi connectivity index (χ0) is 14.5. The number of hydrogen-bond acceptors (Lipinski definition) is 3. The van der Waals surface area contributed by atoms with Crippen LogP contribution in [0.2, 0.25) is 0 Å². The number of carbonyl (C=O) groups is 1. The highest BCUT2D eigenvalue weighted by Crippen LogP contribution is 2.21. The lowest BCUT2D eigenvalue weighted by molar-refractivity contribution is -0.127. The van der Waals surface area contributed by atoms with Gasteiger partial charge in [-0.25, -0.2) is 4.39 Å². The second-order valence-corrected chi connectivity index (χ2v) is 4.48. The van der Waals surface area contributed by atoms with Crippen molar-refractivity contribution in [2.24, 2.45) is 16.3 Å². The van der Waals surface area contributed by atoms with Crippen LogP contribution in [0.25, 0.3) is 0 Å². The lowest BCUT2D eigenvalue weighted by atomic mass is 9.85. The number of carbonyl (C=O) groups excluding carboxylic acids is 1. The quantitative estimate of drug-likeness (QED) is 0.328. The van der Waals surface area contributed by atoms with E-state index in [2.05, 4.69) is 10.5 Å². The molecule has 1 aromatic rings. The number of amidine groups is 1. The van der Waals surface area contributed by atoms with E-state index in [0.717, 1.165) is 5.56 Å². The van der Waals surface area contributed by atoms with Crippen LogP contribution in [0, 0.1) is 11.2 Å². The van der Waals surface area contributed by atoms with Gasteiger partial charge < -0.3 is 16.3 Å². The van der Waals surface area contributed by atoms with Crippen molar-refractivity contribution in [3.05, 3.63) is 35.6 Å². The molecule has 6 heteroatoms. The fraction of sp³-hybridized carbons (Fsp3) is 0.385. The lowest BCUT2D eigenvalue weighted by Crippen LogP contribution is -2.47. The Balaban J connectivity index is 2.71. The highest BCUT2D eigenvalue weighted by atomic mass is 19.1. The standard InChI is InChI=1S/C13H18FN3O2/c1-3-13(2,11(15)17-19)12(18)16-8-9-4-6-10(14)7-5-9/h4-7,19H,3,8H2,1-2H3,(H2,15,17)(H,16,18). The fourth-order valence-electron chi connectivity index (χ4n) is 1.55. The summed E-state index contributed by atoms with van der Waals surface area (Å²) in [5.74, 6) is -0.800. The second kappa shape index (κ2) is 6.17. The van der Waals surface area contributed by atoms with Crippen molar-refractivity contribution >= 4 is 11.7 Å². The molecule has 0 aromatic heterocycles. The SMILES string of the molecule is CCC(C)(C(=O)NCc1ccc(F)cc1)/C(N)=N/O. The van der Waals surface area contributed by atoms with Gasteiger partial charge in [0, 0.05) is 6.54 Å². The van der Waals surface area contributed by atoms with Crippen LogP contribution in [0.4, 0.5) is 4.39 Å². The highest BCUT2D eigenvalue weighted by Gasteiger charge is 2.36. The summed E-state index contributed by atoms with van der Waals surface area (Å²) in [4.78, 5) is 12.1. The molecule has 1 rings (SSSR count). The van der Waals surface area contributed by atoms with Crippen LogP contribution in [-0.2, 0) is 11.3 Å². The molecule has 0 fully saturated rings. The molecule has 1 aromatic carbocycles. The molecule has 0 saturated carbocycles. The Morgan fingerprint density at radius 3 is 2.53 bits per heavy atom. The highest BCUT2D eigenvalue weighted by molar-refractivity contribution is 6.06. The van der Waals surface area contributed by atoms with Crippen molar-refractivity contribution < 1.29 is 14.4 Å². The van der Waals surface area contributed by atoms with Gasteiger partial charge in [0.05, 0.1) is 0 Å². The van der Waals surface area contributed by atoms with E-state index in [-0.39, 0.29) is 24.1 Å². The van der Waals surface area contributed by atoms with E-state index in [1.165, 1.54) is 12.1 Å². The molecule has 0 saturated heterocycles. The van der Waals surface area contributed by atoms with Gasteiger partial charge in [-0.1, -0.05) is 24.2 Å². The van der Waals surface area contributed by atoms with Gasteiger partial charge in [-0.15, -0.1) is 0 Å². The molecule has 1 unspecified atom stereocenters. The Morgan fingerprint density at radius 1 is 1.47 bits per heavy atom. The smallest absolute Gasteiger partial charge is 0.233 e. The van der Waals surface area contributed by atoms with Crippen LogP contribution >= 0.6 is 0 Å². The maximum absolute atomic E-state index is 12.7. The lowest BCUT2D eigenvalue weighted by Gasteiger charge is -2.25. The molecule has 104 valence electrons. The first-order valence-corrected chi connectivity index (χ1v) is 5.94. The summed E-state index contributed by atoms with van der Waals surface area (Å²) in [6.07, 6.45) is 0.401. The van der Waals surface area contributed by atoms with Crippen LogP contribution in [0.15, 0.2) is 29.4 Å². The minimum Gasteiger partial charge on any atom is -0.409 e.